The molecule has 0 aliphatic carbocycles. The Labute approximate surface area is 64.7 Å². The highest BCUT2D eigenvalue weighted by atomic mass is 16.5. The molecule has 1 aromatic heterocycles. The van der Waals surface area contributed by atoms with E-state index in [1.54, 1.807) is 7.11 Å². The molecule has 0 aliphatic heterocycles. The van der Waals surface area contributed by atoms with Gasteiger partial charge in [0, 0.05) is 13.7 Å². The lowest BCUT2D eigenvalue weighted by atomic mass is 10.7. The molecule has 0 aliphatic rings. The number of rotatable bonds is 4. The number of nitrogens with one attached hydrogen (secondary N) is 1. The van der Waals surface area contributed by atoms with Gasteiger partial charge < -0.3 is 14.6 Å². The van der Waals surface area contributed by atoms with Gasteiger partial charge in [-0.3, -0.25) is 0 Å². The summed E-state index contributed by atoms with van der Waals surface area (Å²) in [6, 6.07) is 0.444. The Hall–Kier alpha value is -1.10. The average Bonchev–Trinajstić information content (AvgIpc) is 2.38. The van der Waals surface area contributed by atoms with E-state index in [-0.39, 0.29) is 0 Å². The molecule has 1 rings (SSSR count). The molecule has 0 fully saturated rings. The van der Waals surface area contributed by atoms with Crippen molar-refractivity contribution in [3.8, 4) is 0 Å². The van der Waals surface area contributed by atoms with Gasteiger partial charge >= 0.3 is 6.01 Å². The molecule has 1 N–H and O–H groups in total. The van der Waals surface area contributed by atoms with Gasteiger partial charge in [-0.05, 0) is 6.92 Å². The zero-order chi connectivity index (χ0) is 8.10. The van der Waals surface area contributed by atoms with E-state index in [0.717, 1.165) is 6.54 Å². The van der Waals surface area contributed by atoms with Gasteiger partial charge in [0.15, 0.2) is 5.82 Å². The molecule has 11 heavy (non-hydrogen) atoms. The fraction of sp³-hybridized carbons (Fsp3) is 0.667. The van der Waals surface area contributed by atoms with Crippen LogP contribution in [0.25, 0.3) is 0 Å². The van der Waals surface area contributed by atoms with Gasteiger partial charge in [-0.2, -0.15) is 4.98 Å². The van der Waals surface area contributed by atoms with Crippen LogP contribution in [0.5, 0.6) is 0 Å². The molecule has 0 unspecified atom stereocenters. The number of hydrogen-bond acceptors (Lipinski definition) is 5. The summed E-state index contributed by atoms with van der Waals surface area (Å²) in [4.78, 5) is 3.98. The molecule has 0 saturated carbocycles. The van der Waals surface area contributed by atoms with Crippen LogP contribution in [0.1, 0.15) is 12.7 Å². The molecule has 0 spiro atoms. The van der Waals surface area contributed by atoms with Gasteiger partial charge in [0.05, 0.1) is 0 Å². The highest BCUT2D eigenvalue weighted by Gasteiger charge is 2.02. The average molecular weight is 157 g/mol. The smallest absolute Gasteiger partial charge is 0.321 e. The third-order valence-corrected chi connectivity index (χ3v) is 1.07. The van der Waals surface area contributed by atoms with Crippen LogP contribution in [0.4, 0.5) is 6.01 Å². The topological polar surface area (TPSA) is 60.2 Å². The summed E-state index contributed by atoms with van der Waals surface area (Å²) >= 11 is 0. The third kappa shape index (κ3) is 2.19. The highest BCUT2D eigenvalue weighted by Crippen LogP contribution is 2.02. The molecule has 0 saturated heterocycles. The summed E-state index contributed by atoms with van der Waals surface area (Å²) in [5.41, 5.74) is 0. The van der Waals surface area contributed by atoms with Crippen LogP contribution < -0.4 is 5.32 Å². The van der Waals surface area contributed by atoms with Crippen molar-refractivity contribution in [3.63, 3.8) is 0 Å². The van der Waals surface area contributed by atoms with Crippen molar-refractivity contribution in [2.75, 3.05) is 19.0 Å². The molecule has 0 bridgehead atoms. The fourth-order valence-electron chi connectivity index (χ4n) is 0.665. The van der Waals surface area contributed by atoms with Crippen molar-refractivity contribution >= 4 is 6.01 Å². The molecule has 62 valence electrons. The van der Waals surface area contributed by atoms with Gasteiger partial charge in [-0.1, -0.05) is 5.16 Å². The van der Waals surface area contributed by atoms with E-state index in [0.29, 0.717) is 18.4 Å². The molecule has 5 nitrogen and oxygen atoms in total. The van der Waals surface area contributed by atoms with Crippen LogP contribution in [-0.2, 0) is 11.3 Å². The van der Waals surface area contributed by atoms with Crippen LogP contribution in [0.15, 0.2) is 4.52 Å². The molecule has 1 aromatic rings. The Morgan fingerprint density at radius 1 is 1.64 bits per heavy atom. The SMILES string of the molecule is CCNc1nc(COC)no1. The lowest BCUT2D eigenvalue weighted by Crippen LogP contribution is -1.96. The Balaban J connectivity index is 2.51. The normalized spacial score (nSPS) is 10.0. The Morgan fingerprint density at radius 3 is 3.09 bits per heavy atom. The van der Waals surface area contributed by atoms with Crippen LogP contribution in [-0.4, -0.2) is 23.8 Å². The Kier molecular flexibility index (Phi) is 2.85. The summed E-state index contributed by atoms with van der Waals surface area (Å²) < 4.78 is 9.61. The summed E-state index contributed by atoms with van der Waals surface area (Å²) in [6.45, 7) is 3.11. The quantitative estimate of drug-likeness (QED) is 0.695. The van der Waals surface area contributed by atoms with Crippen LogP contribution in [0.2, 0.25) is 0 Å². The number of hydrogen-bond donors (Lipinski definition) is 1. The lowest BCUT2D eigenvalue weighted by Gasteiger charge is -1.90. The minimum atomic E-state index is 0.384. The summed E-state index contributed by atoms with van der Waals surface area (Å²) in [7, 11) is 1.59. The second kappa shape index (κ2) is 3.92. The van der Waals surface area contributed by atoms with Gasteiger partial charge in [-0.15, -0.1) is 0 Å². The standard InChI is InChI=1S/C6H11N3O2/c1-3-7-6-8-5(4-10-2)9-11-6/h3-4H2,1-2H3,(H,7,8,9). The predicted octanol–water partition coefficient (Wildman–Crippen LogP) is 0.648. The van der Waals surface area contributed by atoms with Crippen molar-refractivity contribution in [2.45, 2.75) is 13.5 Å². The van der Waals surface area contributed by atoms with E-state index in [2.05, 4.69) is 15.5 Å². The maximum absolute atomic E-state index is 4.81. The van der Waals surface area contributed by atoms with Crippen LogP contribution in [0, 0.1) is 0 Å². The fourth-order valence-corrected chi connectivity index (χ4v) is 0.665. The maximum atomic E-state index is 4.81. The molecular formula is C6H11N3O2. The lowest BCUT2D eigenvalue weighted by molar-refractivity contribution is 0.174. The third-order valence-electron chi connectivity index (χ3n) is 1.07. The minimum Gasteiger partial charge on any atom is -0.377 e. The van der Waals surface area contributed by atoms with Crippen molar-refractivity contribution in [1.29, 1.82) is 0 Å². The van der Waals surface area contributed by atoms with Crippen molar-refractivity contribution in [1.82, 2.24) is 10.1 Å². The van der Waals surface area contributed by atoms with Gasteiger partial charge in [-0.25, -0.2) is 0 Å². The Bertz CT molecular complexity index is 191. The zero-order valence-electron chi connectivity index (χ0n) is 6.63. The van der Waals surface area contributed by atoms with Crippen molar-refractivity contribution < 1.29 is 9.26 Å². The molecule has 0 amide bonds. The monoisotopic (exact) mass is 157 g/mol. The molecule has 0 radical (unpaired) electrons. The first kappa shape index (κ1) is 8.00. The number of methoxy groups -OCH3 is 1. The van der Waals surface area contributed by atoms with E-state index in [1.807, 2.05) is 6.92 Å². The van der Waals surface area contributed by atoms with E-state index in [4.69, 9.17) is 9.26 Å². The van der Waals surface area contributed by atoms with Crippen LogP contribution in [0.3, 0.4) is 0 Å². The van der Waals surface area contributed by atoms with Gasteiger partial charge in [0.2, 0.25) is 0 Å². The van der Waals surface area contributed by atoms with E-state index < -0.39 is 0 Å². The molecule has 0 atom stereocenters. The van der Waals surface area contributed by atoms with Crippen LogP contribution >= 0.6 is 0 Å². The molecule has 5 heteroatoms. The van der Waals surface area contributed by atoms with Crippen molar-refractivity contribution in [2.24, 2.45) is 0 Å². The van der Waals surface area contributed by atoms with E-state index in [9.17, 15) is 0 Å². The first-order valence-corrected chi connectivity index (χ1v) is 3.42. The van der Waals surface area contributed by atoms with Crippen molar-refractivity contribution in [3.05, 3.63) is 5.82 Å². The molecule has 0 aromatic carbocycles. The molecular weight excluding hydrogens is 146 g/mol. The Morgan fingerprint density at radius 2 is 2.45 bits per heavy atom. The van der Waals surface area contributed by atoms with E-state index >= 15 is 0 Å². The second-order valence-electron chi connectivity index (χ2n) is 1.98. The van der Waals surface area contributed by atoms with Gasteiger partial charge in [0.25, 0.3) is 0 Å². The number of ether oxygens (including phenoxy) is 1. The number of aromatic nitrogens is 2. The first-order chi connectivity index (χ1) is 5.36. The summed E-state index contributed by atoms with van der Waals surface area (Å²) in [6.07, 6.45) is 0. The van der Waals surface area contributed by atoms with E-state index in [1.165, 1.54) is 0 Å². The first-order valence-electron chi connectivity index (χ1n) is 3.42. The number of anilines is 1. The highest BCUT2D eigenvalue weighted by molar-refractivity contribution is 5.16. The van der Waals surface area contributed by atoms with Gasteiger partial charge in [0.1, 0.15) is 6.61 Å². The minimum absolute atomic E-state index is 0.384. The zero-order valence-corrected chi connectivity index (χ0v) is 6.63. The second-order valence-corrected chi connectivity index (χ2v) is 1.98. The maximum Gasteiger partial charge on any atom is 0.321 e. The molecule has 1 heterocycles. The predicted molar refractivity (Wildman–Crippen MR) is 39.2 cm³/mol. The summed E-state index contributed by atoms with van der Waals surface area (Å²) in [5.74, 6) is 0.559. The number of nitrogens with zero attached hydrogens (tertiary/aromatic N) is 2. The summed E-state index contributed by atoms with van der Waals surface area (Å²) in [5, 5.41) is 6.54. The largest absolute Gasteiger partial charge is 0.377 e.